The van der Waals surface area contributed by atoms with Gasteiger partial charge in [-0.1, -0.05) is 41.4 Å². The van der Waals surface area contributed by atoms with Crippen molar-refractivity contribution in [3.05, 3.63) is 93.3 Å². The smallest absolute Gasteiger partial charge is 0.282 e. The molecule has 7 rings (SSSR count). The van der Waals surface area contributed by atoms with Gasteiger partial charge in [0.2, 0.25) is 11.9 Å². The highest BCUT2D eigenvalue weighted by Gasteiger charge is 2.23. The molecule has 2 N–H and O–H groups in total. The van der Waals surface area contributed by atoms with Gasteiger partial charge in [0.15, 0.2) is 0 Å². The molecule has 0 unspecified atom stereocenters. The summed E-state index contributed by atoms with van der Waals surface area (Å²) in [5, 5.41) is 12.2. The minimum absolute atomic E-state index is 0.104. The summed E-state index contributed by atoms with van der Waals surface area (Å²) >= 11 is 13.0. The number of carbonyl (C=O) groups excluding carboxylic acids is 1. The van der Waals surface area contributed by atoms with Gasteiger partial charge in [0, 0.05) is 68.0 Å². The number of halogens is 2. The molecule has 0 saturated carbocycles. The van der Waals surface area contributed by atoms with Crippen LogP contribution in [0.4, 0.5) is 23.0 Å². The molecular formula is C32H28Cl2N8O2. The monoisotopic (exact) mass is 626 g/mol. The molecule has 0 radical (unpaired) electrons. The SMILES string of the molecule is O=C1CCCN1c1ccc(-c2nn(-c3c(Cl)cccc3Cl)c(=O)c3cnc(Nc4ccc(N5CCNCC5)cc4)nc23)cc1. The number of nitrogens with zero attached hydrogens (tertiary/aromatic N) is 6. The molecule has 2 saturated heterocycles. The fourth-order valence-electron chi connectivity index (χ4n) is 5.65. The number of hydrogen-bond acceptors (Lipinski definition) is 8. The van der Waals surface area contributed by atoms with Crippen molar-refractivity contribution >= 4 is 63.0 Å². The number of carbonyl (C=O) groups is 1. The summed E-state index contributed by atoms with van der Waals surface area (Å²) in [6.07, 6.45) is 2.87. The van der Waals surface area contributed by atoms with Crippen molar-refractivity contribution in [3.8, 4) is 16.9 Å². The second kappa shape index (κ2) is 11.9. The number of para-hydroxylation sites is 1. The summed E-state index contributed by atoms with van der Waals surface area (Å²) in [5.41, 5.74) is 4.11. The summed E-state index contributed by atoms with van der Waals surface area (Å²) in [6, 6.07) is 20.6. The number of aromatic nitrogens is 4. The van der Waals surface area contributed by atoms with Crippen LogP contribution in [0.1, 0.15) is 12.8 Å². The first kappa shape index (κ1) is 28.3. The Kier molecular flexibility index (Phi) is 7.63. The highest BCUT2D eigenvalue weighted by atomic mass is 35.5. The minimum atomic E-state index is -0.454. The van der Waals surface area contributed by atoms with Crippen LogP contribution < -0.4 is 26.0 Å². The third kappa shape index (κ3) is 5.36. The molecular weight excluding hydrogens is 599 g/mol. The summed E-state index contributed by atoms with van der Waals surface area (Å²) in [6.45, 7) is 4.54. The second-order valence-electron chi connectivity index (χ2n) is 10.7. The molecule has 10 nitrogen and oxygen atoms in total. The molecule has 2 aliphatic rings. The number of piperazine rings is 1. The fourth-order valence-corrected chi connectivity index (χ4v) is 6.21. The van der Waals surface area contributed by atoms with Crippen LogP contribution in [0.5, 0.6) is 0 Å². The van der Waals surface area contributed by atoms with E-state index in [0.717, 1.165) is 49.7 Å². The maximum atomic E-state index is 13.8. The Bertz CT molecular complexity index is 1900. The Labute approximate surface area is 263 Å². The first-order chi connectivity index (χ1) is 21.5. The van der Waals surface area contributed by atoms with E-state index in [0.29, 0.717) is 35.7 Å². The largest absolute Gasteiger partial charge is 0.369 e. The van der Waals surface area contributed by atoms with Crippen molar-refractivity contribution in [1.29, 1.82) is 0 Å². The van der Waals surface area contributed by atoms with Gasteiger partial charge in [0.1, 0.15) is 16.9 Å². The van der Waals surface area contributed by atoms with Crippen LogP contribution in [-0.4, -0.2) is 58.4 Å². The van der Waals surface area contributed by atoms with Gasteiger partial charge in [-0.15, -0.1) is 0 Å². The lowest BCUT2D eigenvalue weighted by Crippen LogP contribution is -2.43. The van der Waals surface area contributed by atoms with Crippen LogP contribution in [0.2, 0.25) is 10.0 Å². The summed E-state index contributed by atoms with van der Waals surface area (Å²) < 4.78 is 1.20. The third-order valence-corrected chi connectivity index (χ3v) is 8.53. The van der Waals surface area contributed by atoms with Gasteiger partial charge in [-0.2, -0.15) is 9.78 Å². The maximum Gasteiger partial charge on any atom is 0.282 e. The lowest BCUT2D eigenvalue weighted by molar-refractivity contribution is -0.117. The van der Waals surface area contributed by atoms with Gasteiger partial charge in [0.25, 0.3) is 5.56 Å². The molecule has 12 heteroatoms. The van der Waals surface area contributed by atoms with Crippen molar-refractivity contribution in [1.82, 2.24) is 25.1 Å². The van der Waals surface area contributed by atoms with Crippen LogP contribution in [0.3, 0.4) is 0 Å². The molecule has 0 atom stereocenters. The molecule has 5 aromatic rings. The van der Waals surface area contributed by atoms with Crippen LogP contribution in [-0.2, 0) is 4.79 Å². The molecule has 0 aliphatic carbocycles. The predicted octanol–water partition coefficient (Wildman–Crippen LogP) is 5.43. The van der Waals surface area contributed by atoms with Crippen LogP contribution in [0.25, 0.3) is 27.8 Å². The average Bonchev–Trinajstić information content (AvgIpc) is 3.48. The van der Waals surface area contributed by atoms with Gasteiger partial charge < -0.3 is 20.4 Å². The number of anilines is 4. The average molecular weight is 628 g/mol. The topological polar surface area (TPSA) is 108 Å². The van der Waals surface area contributed by atoms with E-state index in [1.807, 2.05) is 36.4 Å². The van der Waals surface area contributed by atoms with Crippen LogP contribution >= 0.6 is 23.2 Å². The zero-order valence-corrected chi connectivity index (χ0v) is 25.1. The van der Waals surface area contributed by atoms with Gasteiger partial charge >= 0.3 is 0 Å². The molecule has 0 spiro atoms. The highest BCUT2D eigenvalue weighted by Crippen LogP contribution is 2.32. The fraction of sp³-hybridized carbons (Fsp3) is 0.219. The van der Waals surface area contributed by atoms with Crippen LogP contribution in [0, 0.1) is 0 Å². The van der Waals surface area contributed by atoms with E-state index in [4.69, 9.17) is 33.3 Å². The molecule has 2 fully saturated rings. The van der Waals surface area contributed by atoms with E-state index in [-0.39, 0.29) is 27.0 Å². The highest BCUT2D eigenvalue weighted by molar-refractivity contribution is 6.37. The van der Waals surface area contributed by atoms with Crippen molar-refractivity contribution in [3.63, 3.8) is 0 Å². The molecule has 44 heavy (non-hydrogen) atoms. The van der Waals surface area contributed by atoms with Gasteiger partial charge in [-0.3, -0.25) is 9.59 Å². The van der Waals surface area contributed by atoms with Crippen molar-refractivity contribution in [2.75, 3.05) is 47.8 Å². The van der Waals surface area contributed by atoms with E-state index >= 15 is 0 Å². The Morgan fingerprint density at radius 1 is 0.841 bits per heavy atom. The number of rotatable bonds is 6. The first-order valence-corrected chi connectivity index (χ1v) is 15.2. The lowest BCUT2D eigenvalue weighted by Gasteiger charge is -2.29. The van der Waals surface area contributed by atoms with Gasteiger partial charge in [-0.25, -0.2) is 9.97 Å². The lowest BCUT2D eigenvalue weighted by atomic mass is 10.1. The molecule has 4 heterocycles. The molecule has 2 aliphatic heterocycles. The standard InChI is InChI=1S/C32H28Cl2N8O2/c33-25-3-1-4-26(34)30(25)42-31(44)24-19-36-32(37-21-8-12-22(13-9-21)40-17-14-35-15-18-40)38-29(24)28(39-42)20-6-10-23(11-7-20)41-16-2-5-27(41)43/h1,3-4,6-13,19,35H,2,5,14-18H2,(H,36,37,38). The summed E-state index contributed by atoms with van der Waals surface area (Å²) in [7, 11) is 0. The number of fused-ring (bicyclic) bond motifs is 1. The first-order valence-electron chi connectivity index (χ1n) is 14.4. The number of amides is 1. The zero-order valence-electron chi connectivity index (χ0n) is 23.6. The van der Waals surface area contributed by atoms with E-state index in [2.05, 4.69) is 32.7 Å². The summed E-state index contributed by atoms with van der Waals surface area (Å²) in [4.78, 5) is 39.4. The Morgan fingerprint density at radius 2 is 1.55 bits per heavy atom. The van der Waals surface area contributed by atoms with E-state index in [1.165, 1.54) is 10.9 Å². The quantitative estimate of drug-likeness (QED) is 0.257. The normalized spacial score (nSPS) is 15.3. The van der Waals surface area contributed by atoms with Crippen molar-refractivity contribution in [2.45, 2.75) is 12.8 Å². The van der Waals surface area contributed by atoms with E-state index < -0.39 is 5.56 Å². The van der Waals surface area contributed by atoms with E-state index in [1.54, 1.807) is 23.1 Å². The second-order valence-corrected chi connectivity index (χ2v) is 11.5. The Morgan fingerprint density at radius 3 is 2.23 bits per heavy atom. The van der Waals surface area contributed by atoms with Gasteiger partial charge in [0.05, 0.1) is 15.4 Å². The number of benzene rings is 3. The summed E-state index contributed by atoms with van der Waals surface area (Å²) in [5.74, 6) is 0.426. The number of nitrogens with one attached hydrogen (secondary N) is 2. The Balaban J connectivity index is 1.30. The third-order valence-electron chi connectivity index (χ3n) is 7.92. The van der Waals surface area contributed by atoms with Crippen molar-refractivity contribution in [2.24, 2.45) is 0 Å². The molecule has 2 aromatic heterocycles. The molecule has 222 valence electrons. The Hall–Kier alpha value is -4.51. The van der Waals surface area contributed by atoms with Gasteiger partial charge in [-0.05, 0) is 55.0 Å². The molecule has 1 amide bonds. The predicted molar refractivity (Wildman–Crippen MR) is 175 cm³/mol. The minimum Gasteiger partial charge on any atom is -0.369 e. The van der Waals surface area contributed by atoms with Crippen LogP contribution in [0.15, 0.2) is 77.7 Å². The van der Waals surface area contributed by atoms with E-state index in [9.17, 15) is 9.59 Å². The number of hydrogen-bond donors (Lipinski definition) is 2. The maximum absolute atomic E-state index is 13.8. The zero-order chi connectivity index (χ0) is 30.2. The molecule has 3 aromatic carbocycles. The van der Waals surface area contributed by atoms with Crippen molar-refractivity contribution < 1.29 is 4.79 Å². The molecule has 0 bridgehead atoms.